The molecule has 0 unspecified atom stereocenters. The lowest BCUT2D eigenvalue weighted by molar-refractivity contribution is 0.368. The molecule has 1 heterocycles. The molecule has 0 aliphatic carbocycles. The molecule has 0 aromatic carbocycles. The zero-order valence-corrected chi connectivity index (χ0v) is 7.01. The molecule has 0 saturated carbocycles. The van der Waals surface area contributed by atoms with Gasteiger partial charge >= 0.3 is 19.3 Å². The molecule has 0 fully saturated rings. The van der Waals surface area contributed by atoms with E-state index in [2.05, 4.69) is 6.92 Å². The molecule has 0 atom stereocenters. The van der Waals surface area contributed by atoms with Crippen molar-refractivity contribution in [3.8, 4) is 0 Å². The predicted octanol–water partition coefficient (Wildman–Crippen LogP) is 3.42. The third-order valence-corrected chi connectivity index (χ3v) is 1.04. The second-order valence-corrected chi connectivity index (χ2v) is 2.12. The summed E-state index contributed by atoms with van der Waals surface area (Å²) in [5.41, 5.74) is 0. The minimum absolute atomic E-state index is 0.973. The van der Waals surface area contributed by atoms with Gasteiger partial charge in [0.1, 0.15) is 0 Å². The molecule has 1 rings (SSSR count). The maximum Gasteiger partial charge on any atom is 0.673 e. The van der Waals surface area contributed by atoms with Crippen LogP contribution in [0.2, 0.25) is 0 Å². The zero-order chi connectivity index (χ0) is 10.3. The Morgan fingerprint density at radius 3 is 2.00 bits per heavy atom. The van der Waals surface area contributed by atoms with Gasteiger partial charge < -0.3 is 17.3 Å². The van der Waals surface area contributed by atoms with Crippen LogP contribution >= 0.6 is 0 Å². The Kier molecular flexibility index (Phi) is 5.10. The van der Waals surface area contributed by atoms with E-state index < -0.39 is 7.25 Å². The standard InChI is InChI=1S/C7H9O.BF4/c1-2-7-5-3-4-6-8-7;2-1(3,4)5/h3-6H,2H2,1H3;/q+1;-1. The van der Waals surface area contributed by atoms with Crippen molar-refractivity contribution in [1.82, 2.24) is 0 Å². The lowest BCUT2D eigenvalue weighted by Crippen LogP contribution is -2.02. The average molecular weight is 196 g/mol. The van der Waals surface area contributed by atoms with Gasteiger partial charge in [-0.05, 0) is 6.07 Å². The van der Waals surface area contributed by atoms with Crippen LogP contribution in [0, 0.1) is 0 Å². The fourth-order valence-corrected chi connectivity index (χ4v) is 0.575. The minimum Gasteiger partial charge on any atom is -0.418 e. The molecule has 1 aromatic rings. The van der Waals surface area contributed by atoms with E-state index in [0.717, 1.165) is 12.2 Å². The van der Waals surface area contributed by atoms with Gasteiger partial charge in [-0.2, -0.15) is 0 Å². The first-order chi connectivity index (χ1) is 5.93. The van der Waals surface area contributed by atoms with Gasteiger partial charge in [-0.3, -0.25) is 0 Å². The van der Waals surface area contributed by atoms with Crippen LogP contribution in [-0.2, 0) is 6.42 Å². The highest BCUT2D eigenvalue weighted by molar-refractivity contribution is 6.50. The zero-order valence-electron chi connectivity index (χ0n) is 7.01. The molecule has 0 aliphatic rings. The Labute approximate surface area is 73.5 Å². The van der Waals surface area contributed by atoms with Gasteiger partial charge in [0.15, 0.2) is 0 Å². The van der Waals surface area contributed by atoms with Crippen LogP contribution in [0.5, 0.6) is 0 Å². The van der Waals surface area contributed by atoms with Crippen LogP contribution in [0.4, 0.5) is 17.3 Å². The van der Waals surface area contributed by atoms with Crippen molar-refractivity contribution < 1.29 is 21.7 Å². The number of hydrogen-bond donors (Lipinski definition) is 0. The van der Waals surface area contributed by atoms with Crippen molar-refractivity contribution >= 4 is 7.25 Å². The third-order valence-electron chi connectivity index (χ3n) is 1.04. The molecule has 13 heavy (non-hydrogen) atoms. The number of halogens is 4. The highest BCUT2D eigenvalue weighted by Crippen LogP contribution is 2.06. The number of aryl methyl sites for hydroxylation is 1. The van der Waals surface area contributed by atoms with Crippen molar-refractivity contribution in [3.63, 3.8) is 0 Å². The molecule has 1 nitrogen and oxygen atoms in total. The van der Waals surface area contributed by atoms with Crippen LogP contribution in [-0.4, -0.2) is 7.25 Å². The Morgan fingerprint density at radius 1 is 1.23 bits per heavy atom. The van der Waals surface area contributed by atoms with Crippen LogP contribution in [0.1, 0.15) is 12.7 Å². The maximum absolute atomic E-state index is 9.75. The van der Waals surface area contributed by atoms with Crippen molar-refractivity contribution in [2.75, 3.05) is 0 Å². The second-order valence-electron chi connectivity index (χ2n) is 2.12. The lowest BCUT2D eigenvalue weighted by Gasteiger charge is -1.94. The van der Waals surface area contributed by atoms with E-state index in [1.807, 2.05) is 18.2 Å². The van der Waals surface area contributed by atoms with Crippen molar-refractivity contribution in [2.45, 2.75) is 13.3 Å². The molecular weight excluding hydrogens is 187 g/mol. The molecule has 0 spiro atoms. The van der Waals surface area contributed by atoms with Crippen molar-refractivity contribution in [2.24, 2.45) is 0 Å². The fraction of sp³-hybridized carbons (Fsp3) is 0.286. The van der Waals surface area contributed by atoms with Crippen LogP contribution in [0.15, 0.2) is 28.9 Å². The number of hydrogen-bond acceptors (Lipinski definition) is 0. The predicted molar refractivity (Wildman–Crippen MR) is 42.7 cm³/mol. The van der Waals surface area contributed by atoms with Crippen molar-refractivity contribution in [1.29, 1.82) is 0 Å². The van der Waals surface area contributed by atoms with Crippen LogP contribution < -0.4 is 0 Å². The van der Waals surface area contributed by atoms with E-state index >= 15 is 0 Å². The summed E-state index contributed by atoms with van der Waals surface area (Å²) < 4.78 is 44.1. The normalized spacial score (nSPS) is 10.2. The van der Waals surface area contributed by atoms with E-state index in [1.165, 1.54) is 0 Å². The van der Waals surface area contributed by atoms with E-state index in [4.69, 9.17) is 4.42 Å². The summed E-state index contributed by atoms with van der Waals surface area (Å²) in [5, 5.41) is 0. The van der Waals surface area contributed by atoms with Crippen LogP contribution in [0.25, 0.3) is 0 Å². The topological polar surface area (TPSA) is 11.3 Å². The SMILES string of the molecule is CCc1cccc[o+]1.F[B-](F)(F)F. The molecule has 0 bridgehead atoms. The van der Waals surface area contributed by atoms with Gasteiger partial charge in [-0.25, -0.2) is 4.42 Å². The summed E-state index contributed by atoms with van der Waals surface area (Å²) in [6.07, 6.45) is 2.67. The van der Waals surface area contributed by atoms with E-state index in [-0.39, 0.29) is 0 Å². The highest BCUT2D eigenvalue weighted by atomic mass is 19.5. The van der Waals surface area contributed by atoms with Gasteiger partial charge in [0.05, 0.1) is 6.42 Å². The fourth-order valence-electron chi connectivity index (χ4n) is 0.575. The Hall–Kier alpha value is -1.07. The molecule has 1 aromatic heterocycles. The third kappa shape index (κ3) is 10.9. The largest absolute Gasteiger partial charge is 0.673 e. The average Bonchev–Trinajstić information content (AvgIpc) is 2.03. The second kappa shape index (κ2) is 5.56. The van der Waals surface area contributed by atoms with Crippen LogP contribution in [0.3, 0.4) is 0 Å². The first-order valence-electron chi connectivity index (χ1n) is 3.66. The van der Waals surface area contributed by atoms with E-state index in [0.29, 0.717) is 0 Å². The summed E-state index contributed by atoms with van der Waals surface area (Å²) in [4.78, 5) is 0. The summed E-state index contributed by atoms with van der Waals surface area (Å²) in [5.74, 6) is 1.03. The van der Waals surface area contributed by atoms with Gasteiger partial charge in [0.2, 0.25) is 0 Å². The smallest absolute Gasteiger partial charge is 0.418 e. The van der Waals surface area contributed by atoms with Gasteiger partial charge in [-0.15, -0.1) is 0 Å². The first kappa shape index (κ1) is 11.9. The van der Waals surface area contributed by atoms with E-state index in [9.17, 15) is 17.3 Å². The highest BCUT2D eigenvalue weighted by Gasteiger charge is 2.20. The molecule has 0 aliphatic heterocycles. The summed E-state index contributed by atoms with van der Waals surface area (Å²) in [6.45, 7) is 2.07. The monoisotopic (exact) mass is 196 g/mol. The Morgan fingerprint density at radius 2 is 1.77 bits per heavy atom. The maximum atomic E-state index is 9.75. The van der Waals surface area contributed by atoms with Gasteiger partial charge in [-0.1, -0.05) is 6.92 Å². The summed E-state index contributed by atoms with van der Waals surface area (Å²) in [6, 6.07) is 5.82. The van der Waals surface area contributed by atoms with E-state index in [1.54, 1.807) is 6.26 Å². The van der Waals surface area contributed by atoms with Gasteiger partial charge in [0.25, 0.3) is 0 Å². The molecule has 0 saturated heterocycles. The molecule has 0 radical (unpaired) electrons. The number of rotatable bonds is 1. The Balaban J connectivity index is 0.000000252. The molecule has 6 heteroatoms. The molecule has 74 valence electrons. The van der Waals surface area contributed by atoms with Crippen molar-refractivity contribution in [3.05, 3.63) is 30.2 Å². The lowest BCUT2D eigenvalue weighted by atomic mass is 10.3. The molecular formula is C7H9BF4O. The molecule has 0 N–H and O–H groups in total. The summed E-state index contributed by atoms with van der Waals surface area (Å²) >= 11 is 0. The van der Waals surface area contributed by atoms with Gasteiger partial charge in [0, 0.05) is 12.1 Å². The quantitative estimate of drug-likeness (QED) is 0.380. The summed E-state index contributed by atoms with van der Waals surface area (Å²) in [7, 11) is -6.00. The Bertz CT molecular complexity index is 218. The first-order valence-corrected chi connectivity index (χ1v) is 3.66. The minimum atomic E-state index is -6.00. The molecule has 0 amide bonds.